The molecule has 0 heterocycles. The first-order chi connectivity index (χ1) is 22.9. The van der Waals surface area contributed by atoms with Crippen LogP contribution in [0.25, 0.3) is 0 Å². The van der Waals surface area contributed by atoms with Gasteiger partial charge in [0, 0.05) is 28.4 Å². The van der Waals surface area contributed by atoms with Gasteiger partial charge in [-0.2, -0.15) is 0 Å². The highest BCUT2D eigenvalue weighted by Crippen LogP contribution is 2.53. The molecule has 0 bridgehead atoms. The number of ether oxygens (including phenoxy) is 1. The van der Waals surface area contributed by atoms with Crippen LogP contribution in [0.2, 0.25) is 0 Å². The lowest BCUT2D eigenvalue weighted by Gasteiger charge is -2.36. The second-order valence-electron chi connectivity index (χ2n) is 15.5. The Bertz CT molecular complexity index is 1490. The number of rotatable bonds is 14. The van der Waals surface area contributed by atoms with Crippen molar-refractivity contribution in [2.24, 2.45) is 16.2 Å². The molecule has 268 valence electrons. The Morgan fingerprint density at radius 1 is 0.837 bits per heavy atom. The lowest BCUT2D eigenvalue weighted by Crippen LogP contribution is -2.38. The third kappa shape index (κ3) is 13.1. The fourth-order valence-corrected chi connectivity index (χ4v) is 6.82. The smallest absolute Gasteiger partial charge is 0.306 e. The molecule has 5 heteroatoms. The van der Waals surface area contributed by atoms with E-state index >= 15 is 0 Å². The van der Waals surface area contributed by atoms with Gasteiger partial charge in [-0.3, -0.25) is 9.59 Å². The van der Waals surface area contributed by atoms with Crippen molar-refractivity contribution in [3.8, 4) is 11.8 Å². The minimum absolute atomic E-state index is 0.104. The molecule has 0 saturated heterocycles. The van der Waals surface area contributed by atoms with Gasteiger partial charge in [-0.05, 0) is 76.9 Å². The average Bonchev–Trinajstić information content (AvgIpc) is 3.22. The SMILES string of the molecule is CCCCCC(=O)OCC(C#CC1=C(C)CC(O)CC1(C)C)=CC=CC(C)=CC=CC=C(C)C=CC=C(C)C(=O)C1(C)CC(O)CC1(C)C. The third-order valence-corrected chi connectivity index (χ3v) is 10.0. The van der Waals surface area contributed by atoms with Crippen LogP contribution in [0.1, 0.15) is 121 Å². The summed E-state index contributed by atoms with van der Waals surface area (Å²) >= 11 is 0. The van der Waals surface area contributed by atoms with E-state index in [0.717, 1.165) is 47.1 Å². The second-order valence-corrected chi connectivity index (χ2v) is 15.5. The number of aliphatic hydroxyl groups is 2. The van der Waals surface area contributed by atoms with Crippen molar-refractivity contribution >= 4 is 11.8 Å². The quantitative estimate of drug-likeness (QED) is 0.0632. The Morgan fingerprint density at radius 2 is 1.45 bits per heavy atom. The van der Waals surface area contributed by atoms with Gasteiger partial charge in [-0.25, -0.2) is 0 Å². The van der Waals surface area contributed by atoms with E-state index < -0.39 is 11.5 Å². The number of unbranched alkanes of at least 4 members (excludes halogenated alkanes) is 2. The first-order valence-electron chi connectivity index (χ1n) is 17.9. The molecule has 0 amide bonds. The van der Waals surface area contributed by atoms with Crippen LogP contribution < -0.4 is 0 Å². The van der Waals surface area contributed by atoms with Crippen molar-refractivity contribution in [3.63, 3.8) is 0 Å². The molecular formula is C44H62O5. The summed E-state index contributed by atoms with van der Waals surface area (Å²) in [4.78, 5) is 25.5. The summed E-state index contributed by atoms with van der Waals surface area (Å²) in [5, 5.41) is 20.4. The van der Waals surface area contributed by atoms with Crippen LogP contribution in [0.15, 0.2) is 94.2 Å². The van der Waals surface area contributed by atoms with Gasteiger partial charge in [0.15, 0.2) is 5.78 Å². The van der Waals surface area contributed by atoms with Crippen LogP contribution >= 0.6 is 0 Å². The fraction of sp³-hybridized carbons (Fsp3) is 0.545. The minimum atomic E-state index is -0.563. The normalized spacial score (nSPS) is 25.0. The van der Waals surface area contributed by atoms with Crippen LogP contribution in [0.5, 0.6) is 0 Å². The van der Waals surface area contributed by atoms with Gasteiger partial charge in [0.2, 0.25) is 0 Å². The molecule has 2 N–H and O–H groups in total. The maximum Gasteiger partial charge on any atom is 0.306 e. The minimum Gasteiger partial charge on any atom is -0.460 e. The van der Waals surface area contributed by atoms with Crippen LogP contribution in [-0.4, -0.2) is 40.8 Å². The van der Waals surface area contributed by atoms with E-state index in [1.54, 1.807) is 0 Å². The molecule has 0 aromatic carbocycles. The Morgan fingerprint density at radius 3 is 2.00 bits per heavy atom. The lowest BCUT2D eigenvalue weighted by molar-refractivity contribution is -0.142. The predicted molar refractivity (Wildman–Crippen MR) is 204 cm³/mol. The van der Waals surface area contributed by atoms with Gasteiger partial charge >= 0.3 is 5.97 Å². The van der Waals surface area contributed by atoms with Gasteiger partial charge in [-0.1, -0.05) is 138 Å². The van der Waals surface area contributed by atoms with Gasteiger partial charge < -0.3 is 14.9 Å². The lowest BCUT2D eigenvalue weighted by atomic mass is 9.65. The summed E-state index contributed by atoms with van der Waals surface area (Å²) < 4.78 is 5.57. The van der Waals surface area contributed by atoms with Crippen molar-refractivity contribution in [1.82, 2.24) is 0 Å². The molecule has 0 aliphatic heterocycles. The summed E-state index contributed by atoms with van der Waals surface area (Å²) in [6.45, 7) is 20.5. The zero-order valence-corrected chi connectivity index (χ0v) is 31.9. The highest BCUT2D eigenvalue weighted by Gasteiger charge is 2.53. The van der Waals surface area contributed by atoms with Crippen LogP contribution in [0.3, 0.4) is 0 Å². The van der Waals surface area contributed by atoms with E-state index in [0.29, 0.717) is 37.7 Å². The standard InChI is InChI=1S/C44H62O5/c1-11-12-13-24-40(47)49-31-36(25-26-39-35(5)27-37(45)28-42(39,6)7)23-17-21-33(3)19-15-14-18-32(2)20-16-22-34(4)41(48)44(10)30-38(46)29-43(44,8)9/h14-23,37-38,45-46H,11-13,24,27-31H2,1-10H3. The Labute approximate surface area is 297 Å². The van der Waals surface area contributed by atoms with E-state index in [-0.39, 0.29) is 35.3 Å². The summed E-state index contributed by atoms with van der Waals surface area (Å²) in [5.74, 6) is 6.52. The number of Topliss-reactive ketones (excluding diaryl/α,β-unsaturated/α-hetero) is 1. The average molecular weight is 671 g/mol. The highest BCUT2D eigenvalue weighted by molar-refractivity contribution is 6.00. The molecule has 2 aliphatic carbocycles. The van der Waals surface area contributed by atoms with E-state index in [4.69, 9.17) is 4.74 Å². The summed E-state index contributed by atoms with van der Waals surface area (Å²) in [7, 11) is 0. The van der Waals surface area contributed by atoms with Crippen LogP contribution in [-0.2, 0) is 14.3 Å². The van der Waals surface area contributed by atoms with E-state index in [1.165, 1.54) is 0 Å². The predicted octanol–water partition coefficient (Wildman–Crippen LogP) is 9.80. The zero-order valence-electron chi connectivity index (χ0n) is 31.9. The number of hydrogen-bond acceptors (Lipinski definition) is 5. The molecule has 0 aromatic rings. The molecule has 2 rings (SSSR count). The monoisotopic (exact) mass is 670 g/mol. The Balaban J connectivity index is 2.10. The molecule has 0 spiro atoms. The molecule has 1 fully saturated rings. The summed E-state index contributed by atoms with van der Waals surface area (Å²) in [6, 6.07) is 0. The van der Waals surface area contributed by atoms with Crippen molar-refractivity contribution < 1.29 is 24.5 Å². The van der Waals surface area contributed by atoms with Crippen LogP contribution in [0.4, 0.5) is 0 Å². The highest BCUT2D eigenvalue weighted by atomic mass is 16.5. The number of allylic oxidation sites excluding steroid dienone is 14. The summed E-state index contributed by atoms with van der Waals surface area (Å²) in [6.07, 6.45) is 24.5. The first kappa shape index (κ1) is 41.7. The third-order valence-electron chi connectivity index (χ3n) is 10.0. The molecule has 0 aromatic heterocycles. The molecule has 3 atom stereocenters. The maximum atomic E-state index is 13.2. The molecule has 5 nitrogen and oxygen atoms in total. The number of ketones is 1. The van der Waals surface area contributed by atoms with E-state index in [9.17, 15) is 19.8 Å². The molecule has 1 saturated carbocycles. The van der Waals surface area contributed by atoms with Gasteiger partial charge in [0.05, 0.1) is 12.2 Å². The Kier molecular flexibility index (Phi) is 16.2. The number of aliphatic hydroxyl groups excluding tert-OH is 2. The van der Waals surface area contributed by atoms with Crippen molar-refractivity contribution in [3.05, 3.63) is 94.2 Å². The topological polar surface area (TPSA) is 83.8 Å². The van der Waals surface area contributed by atoms with Crippen LogP contribution in [0, 0.1) is 28.1 Å². The van der Waals surface area contributed by atoms with Gasteiger partial charge in [0.25, 0.3) is 0 Å². The number of hydrogen-bond donors (Lipinski definition) is 2. The molecule has 2 aliphatic rings. The van der Waals surface area contributed by atoms with Gasteiger partial charge in [0.1, 0.15) is 6.61 Å². The van der Waals surface area contributed by atoms with Crippen molar-refractivity contribution in [2.75, 3.05) is 6.61 Å². The zero-order chi connectivity index (χ0) is 36.8. The summed E-state index contributed by atoms with van der Waals surface area (Å²) in [5.41, 5.74) is 4.65. The molecular weight excluding hydrogens is 608 g/mol. The van der Waals surface area contributed by atoms with Gasteiger partial charge in [-0.15, -0.1) is 0 Å². The first-order valence-corrected chi connectivity index (χ1v) is 17.9. The molecule has 0 radical (unpaired) electrons. The van der Waals surface area contributed by atoms with E-state index in [2.05, 4.69) is 46.5 Å². The number of carbonyl (C=O) groups excluding carboxylic acids is 2. The fourth-order valence-electron chi connectivity index (χ4n) is 6.82. The second kappa shape index (κ2) is 19.1. The molecule has 3 unspecified atom stereocenters. The van der Waals surface area contributed by atoms with Crippen molar-refractivity contribution in [1.29, 1.82) is 0 Å². The maximum absolute atomic E-state index is 13.2. The molecule has 49 heavy (non-hydrogen) atoms. The largest absolute Gasteiger partial charge is 0.460 e. The Hall–Kier alpha value is -3.46. The number of carbonyl (C=O) groups is 2. The van der Waals surface area contributed by atoms with Crippen molar-refractivity contribution in [2.45, 2.75) is 133 Å². The number of esters is 1. The van der Waals surface area contributed by atoms with E-state index in [1.807, 2.05) is 95.4 Å².